The second-order valence-electron chi connectivity index (χ2n) is 5.11. The summed E-state index contributed by atoms with van der Waals surface area (Å²) in [5.41, 5.74) is 1.64. The van der Waals surface area contributed by atoms with E-state index in [0.29, 0.717) is 10.4 Å². The minimum absolute atomic E-state index is 0.0874. The van der Waals surface area contributed by atoms with Crippen LogP contribution in [0.3, 0.4) is 0 Å². The largest absolute Gasteiger partial charge is 0.334 e. The molecule has 102 valence electrons. The van der Waals surface area contributed by atoms with Gasteiger partial charge in [-0.2, -0.15) is 0 Å². The van der Waals surface area contributed by atoms with E-state index >= 15 is 0 Å². The number of rotatable bonds is 3. The molecule has 1 aliphatic rings. The summed E-state index contributed by atoms with van der Waals surface area (Å²) in [6.45, 7) is 0. The lowest BCUT2D eigenvalue weighted by Gasteiger charge is -2.12. The molecule has 1 fully saturated rings. The Labute approximate surface area is 112 Å². The smallest absolute Gasteiger partial charge is 0.240 e. The van der Waals surface area contributed by atoms with E-state index in [1.54, 1.807) is 24.5 Å². The first-order valence-corrected chi connectivity index (χ1v) is 7.98. The van der Waals surface area contributed by atoms with Crippen LogP contribution in [0.1, 0.15) is 25.7 Å². The van der Waals surface area contributed by atoms with Gasteiger partial charge in [-0.1, -0.05) is 12.8 Å². The maximum atomic E-state index is 12.3. The molecule has 0 radical (unpaired) electrons. The maximum absolute atomic E-state index is 12.3. The Kier molecular flexibility index (Phi) is 3.06. The van der Waals surface area contributed by atoms with Gasteiger partial charge in [0.1, 0.15) is 0 Å². The van der Waals surface area contributed by atoms with Gasteiger partial charge < -0.3 is 4.57 Å². The van der Waals surface area contributed by atoms with Crippen LogP contribution in [0.2, 0.25) is 0 Å². The van der Waals surface area contributed by atoms with Gasteiger partial charge in [0.15, 0.2) is 0 Å². The number of aromatic nitrogens is 2. The monoisotopic (exact) mass is 279 g/mol. The fraction of sp³-hybridized carbons (Fsp3) is 0.462. The highest BCUT2D eigenvalue weighted by atomic mass is 32.2. The Balaban J connectivity index is 1.93. The SMILES string of the molecule is Cn1cnc2cc(S(=O)(=O)NC3CCCC3)ccc21. The Hall–Kier alpha value is -1.40. The van der Waals surface area contributed by atoms with Gasteiger partial charge in [0.2, 0.25) is 10.0 Å². The van der Waals surface area contributed by atoms with Crippen LogP contribution in [0.25, 0.3) is 11.0 Å². The Morgan fingerprint density at radius 3 is 2.79 bits per heavy atom. The molecule has 1 heterocycles. The molecule has 0 saturated heterocycles. The summed E-state index contributed by atoms with van der Waals surface area (Å²) in [5.74, 6) is 0. The molecule has 3 rings (SSSR count). The second-order valence-corrected chi connectivity index (χ2v) is 6.82. The van der Waals surface area contributed by atoms with E-state index < -0.39 is 10.0 Å². The highest BCUT2D eigenvalue weighted by Crippen LogP contribution is 2.22. The zero-order valence-corrected chi connectivity index (χ0v) is 11.7. The second kappa shape index (κ2) is 4.61. The van der Waals surface area contributed by atoms with Crippen molar-refractivity contribution in [2.45, 2.75) is 36.6 Å². The number of sulfonamides is 1. The van der Waals surface area contributed by atoms with Gasteiger partial charge in [-0.3, -0.25) is 0 Å². The van der Waals surface area contributed by atoms with Crippen LogP contribution in [-0.2, 0) is 17.1 Å². The molecule has 1 aliphatic carbocycles. The van der Waals surface area contributed by atoms with Crippen LogP contribution in [0, 0.1) is 0 Å². The topological polar surface area (TPSA) is 64.0 Å². The molecule has 6 heteroatoms. The summed E-state index contributed by atoms with van der Waals surface area (Å²) in [6, 6.07) is 5.16. The van der Waals surface area contributed by atoms with Gasteiger partial charge >= 0.3 is 0 Å². The first-order chi connectivity index (χ1) is 9.06. The van der Waals surface area contributed by atoms with Crippen molar-refractivity contribution >= 4 is 21.1 Å². The van der Waals surface area contributed by atoms with Crippen molar-refractivity contribution in [3.05, 3.63) is 24.5 Å². The molecule has 1 N–H and O–H groups in total. The summed E-state index contributed by atoms with van der Waals surface area (Å²) < 4.78 is 29.2. The third-order valence-electron chi connectivity index (χ3n) is 3.68. The molecule has 0 amide bonds. The van der Waals surface area contributed by atoms with E-state index in [0.717, 1.165) is 31.2 Å². The van der Waals surface area contributed by atoms with E-state index in [1.165, 1.54) is 0 Å². The molecule has 0 atom stereocenters. The van der Waals surface area contributed by atoms with Gasteiger partial charge in [-0.05, 0) is 31.0 Å². The maximum Gasteiger partial charge on any atom is 0.240 e. The van der Waals surface area contributed by atoms with Crippen molar-refractivity contribution in [2.75, 3.05) is 0 Å². The minimum Gasteiger partial charge on any atom is -0.334 e. The molecule has 2 aromatic rings. The van der Waals surface area contributed by atoms with E-state index in [-0.39, 0.29) is 6.04 Å². The van der Waals surface area contributed by atoms with Crippen LogP contribution >= 0.6 is 0 Å². The number of fused-ring (bicyclic) bond motifs is 1. The van der Waals surface area contributed by atoms with Crippen LogP contribution < -0.4 is 4.72 Å². The van der Waals surface area contributed by atoms with Gasteiger partial charge in [-0.15, -0.1) is 0 Å². The summed E-state index contributed by atoms with van der Waals surface area (Å²) in [6.07, 6.45) is 5.76. The lowest BCUT2D eigenvalue weighted by Crippen LogP contribution is -2.32. The standard InChI is InChI=1S/C13H17N3O2S/c1-16-9-14-12-8-11(6-7-13(12)16)19(17,18)15-10-4-2-3-5-10/h6-10,15H,2-5H2,1H3. The highest BCUT2D eigenvalue weighted by Gasteiger charge is 2.23. The van der Waals surface area contributed by atoms with E-state index in [1.807, 2.05) is 11.6 Å². The average Bonchev–Trinajstić information content (AvgIpc) is 2.99. The molecule has 0 unspecified atom stereocenters. The minimum atomic E-state index is -3.43. The molecule has 19 heavy (non-hydrogen) atoms. The van der Waals surface area contributed by atoms with Crippen LogP contribution in [0.15, 0.2) is 29.4 Å². The first kappa shape index (κ1) is 12.6. The predicted molar refractivity (Wildman–Crippen MR) is 73.3 cm³/mol. The third-order valence-corrected chi connectivity index (χ3v) is 5.20. The van der Waals surface area contributed by atoms with E-state index in [2.05, 4.69) is 9.71 Å². The van der Waals surface area contributed by atoms with Crippen LogP contribution in [0.5, 0.6) is 0 Å². The van der Waals surface area contributed by atoms with E-state index in [4.69, 9.17) is 0 Å². The zero-order valence-electron chi connectivity index (χ0n) is 10.8. The number of aryl methyl sites for hydroxylation is 1. The predicted octanol–water partition coefficient (Wildman–Crippen LogP) is 1.79. The summed E-state index contributed by atoms with van der Waals surface area (Å²) in [7, 11) is -1.54. The van der Waals surface area contributed by atoms with Crippen molar-refractivity contribution in [1.82, 2.24) is 14.3 Å². The van der Waals surface area contributed by atoms with Crippen molar-refractivity contribution < 1.29 is 8.42 Å². The summed E-state index contributed by atoms with van der Waals surface area (Å²) in [5, 5.41) is 0. The molecule has 1 aromatic heterocycles. The summed E-state index contributed by atoms with van der Waals surface area (Å²) in [4.78, 5) is 4.49. The Bertz CT molecular complexity index is 700. The van der Waals surface area contributed by atoms with E-state index in [9.17, 15) is 8.42 Å². The normalized spacial score (nSPS) is 17.3. The van der Waals surface area contributed by atoms with Gasteiger partial charge in [0.05, 0.1) is 22.3 Å². The molecule has 5 nitrogen and oxygen atoms in total. The van der Waals surface area contributed by atoms with Crippen LogP contribution in [0.4, 0.5) is 0 Å². The number of nitrogens with one attached hydrogen (secondary N) is 1. The van der Waals surface area contributed by atoms with Crippen molar-refractivity contribution in [3.8, 4) is 0 Å². The molecule has 0 aliphatic heterocycles. The number of hydrogen-bond acceptors (Lipinski definition) is 3. The lowest BCUT2D eigenvalue weighted by molar-refractivity contribution is 0.552. The van der Waals surface area contributed by atoms with Crippen molar-refractivity contribution in [2.24, 2.45) is 7.05 Å². The Morgan fingerprint density at radius 2 is 2.05 bits per heavy atom. The van der Waals surface area contributed by atoms with Gasteiger partial charge in [-0.25, -0.2) is 18.1 Å². The average molecular weight is 279 g/mol. The third kappa shape index (κ3) is 2.37. The first-order valence-electron chi connectivity index (χ1n) is 6.50. The number of nitrogens with zero attached hydrogens (tertiary/aromatic N) is 2. The zero-order chi connectivity index (χ0) is 13.5. The fourth-order valence-electron chi connectivity index (χ4n) is 2.61. The Morgan fingerprint density at radius 1 is 1.32 bits per heavy atom. The fourth-order valence-corrected chi connectivity index (χ4v) is 3.94. The molecular weight excluding hydrogens is 262 g/mol. The summed E-state index contributed by atoms with van der Waals surface area (Å²) >= 11 is 0. The van der Waals surface area contributed by atoms with Gasteiger partial charge in [0, 0.05) is 13.1 Å². The quantitative estimate of drug-likeness (QED) is 0.931. The van der Waals surface area contributed by atoms with Gasteiger partial charge in [0.25, 0.3) is 0 Å². The van der Waals surface area contributed by atoms with Crippen molar-refractivity contribution in [1.29, 1.82) is 0 Å². The number of hydrogen-bond donors (Lipinski definition) is 1. The molecular formula is C13H17N3O2S. The molecule has 1 aromatic carbocycles. The molecule has 0 bridgehead atoms. The lowest BCUT2D eigenvalue weighted by atomic mass is 10.3. The van der Waals surface area contributed by atoms with Crippen molar-refractivity contribution in [3.63, 3.8) is 0 Å². The molecule has 1 saturated carbocycles. The number of imidazole rings is 1. The highest BCUT2D eigenvalue weighted by molar-refractivity contribution is 7.89. The van der Waals surface area contributed by atoms with Crippen LogP contribution in [-0.4, -0.2) is 24.0 Å². The molecule has 0 spiro atoms. The number of benzene rings is 1.